The number of benzene rings is 1. The number of rotatable bonds is 2. The molecule has 7 heteroatoms. The largest absolute Gasteiger partial charge is 0.370 e. The number of piperidine rings is 1. The van der Waals surface area contributed by atoms with E-state index in [1.165, 1.54) is 11.8 Å². The molecule has 2 atom stereocenters. The van der Waals surface area contributed by atoms with Crippen LogP contribution in [0.3, 0.4) is 0 Å². The highest BCUT2D eigenvalue weighted by atomic mass is 35.5. The molecule has 3 heterocycles. The molecule has 4 rings (SSSR count). The molecule has 2 aliphatic rings. The van der Waals surface area contributed by atoms with Crippen LogP contribution >= 0.6 is 23.2 Å². The van der Waals surface area contributed by atoms with Crippen LogP contribution < -0.4 is 15.5 Å². The summed E-state index contributed by atoms with van der Waals surface area (Å²) in [6.07, 6.45) is 2.58. The molecule has 1 fully saturated rings. The highest BCUT2D eigenvalue weighted by Gasteiger charge is 2.39. The monoisotopic (exact) mass is 373 g/mol. The van der Waals surface area contributed by atoms with Crippen LogP contribution in [0.4, 0.5) is 17.1 Å². The van der Waals surface area contributed by atoms with E-state index in [2.05, 4.69) is 39.7 Å². The summed E-state index contributed by atoms with van der Waals surface area (Å²) in [5, 5.41) is 17.2. The van der Waals surface area contributed by atoms with Gasteiger partial charge in [0.1, 0.15) is 6.07 Å². The number of nitrogens with zero attached hydrogens (tertiary/aromatic N) is 3. The Bertz CT molecular complexity index is 877. The number of nitrogens with one attached hydrogen (secondary N) is 2. The van der Waals surface area contributed by atoms with Crippen molar-refractivity contribution in [2.24, 2.45) is 0 Å². The molecule has 1 aromatic heterocycles. The van der Waals surface area contributed by atoms with Crippen LogP contribution in [0.5, 0.6) is 0 Å². The van der Waals surface area contributed by atoms with E-state index in [1.807, 2.05) is 6.07 Å². The molecule has 0 spiro atoms. The molecule has 2 N–H and O–H groups in total. The van der Waals surface area contributed by atoms with Crippen molar-refractivity contribution in [3.05, 3.63) is 45.7 Å². The quantitative estimate of drug-likeness (QED) is 0.781. The number of anilines is 3. The van der Waals surface area contributed by atoms with E-state index in [0.717, 1.165) is 30.9 Å². The molecule has 0 saturated carbocycles. The highest BCUT2D eigenvalue weighted by molar-refractivity contribution is 6.34. The van der Waals surface area contributed by atoms with Gasteiger partial charge in [-0.2, -0.15) is 5.26 Å². The van der Waals surface area contributed by atoms with Crippen LogP contribution in [0.25, 0.3) is 0 Å². The molecule has 0 aliphatic carbocycles. The van der Waals surface area contributed by atoms with E-state index in [9.17, 15) is 5.26 Å². The Kier molecular flexibility index (Phi) is 4.20. The van der Waals surface area contributed by atoms with Gasteiger partial charge in [-0.1, -0.05) is 23.2 Å². The van der Waals surface area contributed by atoms with E-state index >= 15 is 0 Å². The van der Waals surface area contributed by atoms with Gasteiger partial charge in [-0.25, -0.2) is 4.98 Å². The summed E-state index contributed by atoms with van der Waals surface area (Å²) >= 11 is 12.2. The van der Waals surface area contributed by atoms with Gasteiger partial charge in [0.25, 0.3) is 0 Å². The average Bonchev–Trinajstić information content (AvgIpc) is 2.91. The van der Waals surface area contributed by atoms with Gasteiger partial charge in [0.2, 0.25) is 0 Å². The molecule has 0 amide bonds. The standard InChI is InChI=1S/C18H17Cl2N5/c1-25-16-2-3-22-9-14(16)13-6-12(4-10(7-21)17(13)25)24-15-5-11(19)8-23-18(15)20/h4-6,8,14,16,22,24H,2-3,9H2,1H3/t14-,16-/m0/s1. The molecular formula is C18H17Cl2N5. The fourth-order valence-electron chi connectivity index (χ4n) is 3.95. The minimum Gasteiger partial charge on any atom is -0.370 e. The Morgan fingerprint density at radius 2 is 2.20 bits per heavy atom. The van der Waals surface area contributed by atoms with Crippen LogP contribution in [-0.4, -0.2) is 31.2 Å². The number of halogens is 2. The lowest BCUT2D eigenvalue weighted by Crippen LogP contribution is -2.42. The SMILES string of the molecule is CN1c2c(C#N)cc(Nc3cc(Cl)cnc3Cl)cc2[C@@H]2CNCC[C@@H]21. The van der Waals surface area contributed by atoms with Gasteiger partial charge in [0.05, 0.1) is 22.0 Å². The van der Waals surface area contributed by atoms with Crippen molar-refractivity contribution in [2.45, 2.75) is 18.4 Å². The van der Waals surface area contributed by atoms with Gasteiger partial charge in [-0.15, -0.1) is 0 Å². The van der Waals surface area contributed by atoms with Crippen LogP contribution in [0.2, 0.25) is 10.2 Å². The third kappa shape index (κ3) is 2.81. The first-order valence-electron chi connectivity index (χ1n) is 8.18. The molecule has 1 aromatic carbocycles. The fraction of sp³-hybridized carbons (Fsp3) is 0.333. The maximum Gasteiger partial charge on any atom is 0.152 e. The lowest BCUT2D eigenvalue weighted by molar-refractivity contribution is 0.413. The molecule has 0 radical (unpaired) electrons. The van der Waals surface area contributed by atoms with Crippen LogP contribution in [-0.2, 0) is 0 Å². The molecule has 0 bridgehead atoms. The van der Waals surface area contributed by atoms with E-state index in [-0.39, 0.29) is 0 Å². The molecule has 0 unspecified atom stereocenters. The van der Waals surface area contributed by atoms with Crippen LogP contribution in [0.15, 0.2) is 24.4 Å². The predicted molar refractivity (Wildman–Crippen MR) is 101 cm³/mol. The zero-order valence-corrected chi connectivity index (χ0v) is 15.2. The van der Waals surface area contributed by atoms with E-state index in [4.69, 9.17) is 23.2 Å². The van der Waals surface area contributed by atoms with E-state index in [1.54, 1.807) is 6.07 Å². The number of fused-ring (bicyclic) bond motifs is 3. The fourth-order valence-corrected chi connectivity index (χ4v) is 4.26. The zero-order valence-electron chi connectivity index (χ0n) is 13.7. The van der Waals surface area contributed by atoms with E-state index in [0.29, 0.717) is 33.4 Å². The number of nitriles is 1. The first-order valence-corrected chi connectivity index (χ1v) is 8.93. The van der Waals surface area contributed by atoms with E-state index < -0.39 is 0 Å². The second kappa shape index (κ2) is 6.38. The maximum absolute atomic E-state index is 9.66. The highest BCUT2D eigenvalue weighted by Crippen LogP contribution is 2.46. The third-order valence-electron chi connectivity index (χ3n) is 5.04. The van der Waals surface area contributed by atoms with Gasteiger partial charge in [-0.3, -0.25) is 0 Å². The van der Waals surface area contributed by atoms with Gasteiger partial charge in [-0.05, 0) is 36.7 Å². The van der Waals surface area contributed by atoms with Crippen molar-refractivity contribution < 1.29 is 0 Å². The van der Waals surface area contributed by atoms with Gasteiger partial charge in [0.15, 0.2) is 5.15 Å². The lowest BCUT2D eigenvalue weighted by Gasteiger charge is -2.31. The molecule has 5 nitrogen and oxygen atoms in total. The first-order chi connectivity index (χ1) is 12.1. The maximum atomic E-state index is 9.66. The van der Waals surface area contributed by atoms with Crippen molar-refractivity contribution in [1.29, 1.82) is 5.26 Å². The summed E-state index contributed by atoms with van der Waals surface area (Å²) in [4.78, 5) is 6.32. The molecule has 1 saturated heterocycles. The van der Waals surface area contributed by atoms with Gasteiger partial charge < -0.3 is 15.5 Å². The number of likely N-dealkylation sites (N-methyl/N-ethyl adjacent to an activating group) is 1. The Morgan fingerprint density at radius 1 is 1.36 bits per heavy atom. The number of hydrogen-bond acceptors (Lipinski definition) is 5. The second-order valence-electron chi connectivity index (χ2n) is 6.47. The Balaban J connectivity index is 1.77. The zero-order chi connectivity index (χ0) is 17.6. The summed E-state index contributed by atoms with van der Waals surface area (Å²) in [7, 11) is 2.08. The molecule has 2 aromatic rings. The third-order valence-corrected chi connectivity index (χ3v) is 5.55. The minimum absolute atomic E-state index is 0.345. The van der Waals surface area contributed by atoms with Crippen molar-refractivity contribution in [3.8, 4) is 6.07 Å². The minimum atomic E-state index is 0.345. The average molecular weight is 374 g/mol. The smallest absolute Gasteiger partial charge is 0.152 e. The van der Waals surface area contributed by atoms with Crippen molar-refractivity contribution in [1.82, 2.24) is 10.3 Å². The molecule has 128 valence electrons. The number of hydrogen-bond donors (Lipinski definition) is 2. The van der Waals surface area contributed by atoms with Crippen molar-refractivity contribution in [3.63, 3.8) is 0 Å². The molecule has 25 heavy (non-hydrogen) atoms. The van der Waals surface area contributed by atoms with Crippen LogP contribution in [0, 0.1) is 11.3 Å². The molecular weight excluding hydrogens is 357 g/mol. The summed E-state index contributed by atoms with van der Waals surface area (Å²) in [5.74, 6) is 0.385. The Labute approximate surface area is 156 Å². The number of pyridine rings is 1. The Morgan fingerprint density at radius 3 is 3.00 bits per heavy atom. The topological polar surface area (TPSA) is 64.0 Å². The summed E-state index contributed by atoms with van der Waals surface area (Å²) < 4.78 is 0. The lowest BCUT2D eigenvalue weighted by atomic mass is 9.89. The predicted octanol–water partition coefficient (Wildman–Crippen LogP) is 3.90. The van der Waals surface area contributed by atoms with Crippen molar-refractivity contribution in [2.75, 3.05) is 30.4 Å². The van der Waals surface area contributed by atoms with Gasteiger partial charge in [0, 0.05) is 37.4 Å². The van der Waals surface area contributed by atoms with Gasteiger partial charge >= 0.3 is 0 Å². The molecule has 2 aliphatic heterocycles. The summed E-state index contributed by atoms with van der Waals surface area (Å²) in [5.41, 5.74) is 4.36. The Hall–Kier alpha value is -2.00. The second-order valence-corrected chi connectivity index (χ2v) is 7.26. The van der Waals surface area contributed by atoms with Crippen molar-refractivity contribution >= 4 is 40.3 Å². The normalized spacial score (nSPS) is 21.4. The summed E-state index contributed by atoms with van der Waals surface area (Å²) in [6.45, 7) is 1.94. The number of aromatic nitrogens is 1. The van der Waals surface area contributed by atoms with Crippen LogP contribution in [0.1, 0.15) is 23.5 Å². The summed E-state index contributed by atoms with van der Waals surface area (Å²) in [6, 6.07) is 8.48. The first kappa shape index (κ1) is 16.5.